The number of unbranched alkanes of at least 4 members (excludes halogenated alkanes) is 1. The lowest BCUT2D eigenvalue weighted by Gasteiger charge is -2.18. The number of nitrogens with two attached hydrogens (primary N) is 1. The van der Waals surface area contributed by atoms with Crippen LogP contribution < -0.4 is 21.7 Å². The molecule has 0 aliphatic heterocycles. The first-order chi connectivity index (χ1) is 17.6. The van der Waals surface area contributed by atoms with Crippen molar-refractivity contribution in [2.24, 2.45) is 5.73 Å². The molecular formula is C25H32N4O8. The first-order valence-corrected chi connectivity index (χ1v) is 11.8. The van der Waals surface area contributed by atoms with E-state index >= 15 is 0 Å². The van der Waals surface area contributed by atoms with Crippen LogP contribution in [0.5, 0.6) is 0 Å². The molecule has 0 radical (unpaired) electrons. The number of carboxylic acid groups (broad SMARTS) is 3. The number of amides is 3. The number of hydrogen-bond donors (Lipinski definition) is 7. The maximum absolute atomic E-state index is 12.3. The highest BCUT2D eigenvalue weighted by molar-refractivity contribution is 5.86. The van der Waals surface area contributed by atoms with Crippen LogP contribution in [0.1, 0.15) is 37.7 Å². The summed E-state index contributed by atoms with van der Waals surface area (Å²) in [6.07, 6.45) is 0.349. The summed E-state index contributed by atoms with van der Waals surface area (Å²) >= 11 is 0. The van der Waals surface area contributed by atoms with Gasteiger partial charge in [-0.15, -0.1) is 0 Å². The number of aliphatic carboxylic acids is 3. The molecule has 0 aliphatic carbocycles. The van der Waals surface area contributed by atoms with Gasteiger partial charge in [0.05, 0.1) is 6.04 Å². The zero-order valence-electron chi connectivity index (χ0n) is 20.2. The predicted molar refractivity (Wildman–Crippen MR) is 134 cm³/mol. The number of carboxylic acids is 3. The molecule has 2 aromatic carbocycles. The third kappa shape index (κ3) is 10.1. The van der Waals surface area contributed by atoms with Gasteiger partial charge in [0.2, 0.25) is 5.91 Å². The predicted octanol–water partition coefficient (Wildman–Crippen LogP) is 1.07. The monoisotopic (exact) mass is 516 g/mol. The van der Waals surface area contributed by atoms with Crippen molar-refractivity contribution < 1.29 is 39.3 Å². The number of urea groups is 1. The quantitative estimate of drug-likeness (QED) is 0.169. The molecule has 0 aliphatic rings. The number of nitrogens with one attached hydrogen (secondary N) is 3. The maximum atomic E-state index is 12.3. The normalized spacial score (nSPS) is 13.2. The Hall–Kier alpha value is -4.19. The molecule has 0 saturated carbocycles. The van der Waals surface area contributed by atoms with Crippen molar-refractivity contribution in [1.29, 1.82) is 0 Å². The average Bonchev–Trinajstić information content (AvgIpc) is 2.84. The van der Waals surface area contributed by atoms with E-state index in [1.807, 2.05) is 42.5 Å². The van der Waals surface area contributed by atoms with Crippen molar-refractivity contribution in [2.75, 3.05) is 6.54 Å². The van der Waals surface area contributed by atoms with Crippen molar-refractivity contribution >= 4 is 40.6 Å². The Labute approximate surface area is 213 Å². The summed E-state index contributed by atoms with van der Waals surface area (Å²) in [6, 6.07) is 9.21. The lowest BCUT2D eigenvalue weighted by molar-refractivity contribution is -0.140. The highest BCUT2D eigenvalue weighted by Gasteiger charge is 2.24. The highest BCUT2D eigenvalue weighted by atomic mass is 16.4. The number of fused-ring (bicyclic) bond motifs is 1. The van der Waals surface area contributed by atoms with E-state index in [9.17, 15) is 29.1 Å². The molecule has 3 amide bonds. The van der Waals surface area contributed by atoms with Gasteiger partial charge in [-0.2, -0.15) is 0 Å². The van der Waals surface area contributed by atoms with Crippen molar-refractivity contribution in [2.45, 2.75) is 56.7 Å². The van der Waals surface area contributed by atoms with E-state index in [2.05, 4.69) is 16.0 Å². The summed E-state index contributed by atoms with van der Waals surface area (Å²) in [4.78, 5) is 57.6. The van der Waals surface area contributed by atoms with Gasteiger partial charge in [-0.3, -0.25) is 9.59 Å². The van der Waals surface area contributed by atoms with E-state index in [1.165, 1.54) is 0 Å². The van der Waals surface area contributed by atoms with Crippen LogP contribution in [0.2, 0.25) is 0 Å². The first kappa shape index (κ1) is 29.0. The second kappa shape index (κ2) is 14.4. The molecule has 3 atom stereocenters. The van der Waals surface area contributed by atoms with Gasteiger partial charge in [0.25, 0.3) is 0 Å². The Morgan fingerprint density at radius 1 is 0.811 bits per heavy atom. The molecule has 8 N–H and O–H groups in total. The van der Waals surface area contributed by atoms with Crippen LogP contribution in [0.15, 0.2) is 42.5 Å². The molecule has 0 spiro atoms. The zero-order valence-corrected chi connectivity index (χ0v) is 20.2. The maximum Gasteiger partial charge on any atom is 0.326 e. The minimum atomic E-state index is -1.47. The number of benzene rings is 2. The Morgan fingerprint density at radius 3 is 2.05 bits per heavy atom. The SMILES string of the molecule is NC(Cc1ccc2ccccc2c1)C(=O)NCCCCC(NC(=O)NC(CCC(=O)O)C(=O)O)C(=O)O. The molecule has 3 unspecified atom stereocenters. The van der Waals surface area contributed by atoms with E-state index in [0.29, 0.717) is 19.3 Å². The molecule has 2 rings (SSSR count). The molecule has 0 aromatic heterocycles. The van der Waals surface area contributed by atoms with Gasteiger partial charge in [0.1, 0.15) is 12.1 Å². The van der Waals surface area contributed by atoms with Crippen LogP contribution in [-0.4, -0.2) is 69.8 Å². The molecule has 12 heteroatoms. The van der Waals surface area contributed by atoms with Gasteiger partial charge in [-0.25, -0.2) is 14.4 Å². The van der Waals surface area contributed by atoms with Crippen LogP contribution >= 0.6 is 0 Å². The van der Waals surface area contributed by atoms with Crippen LogP contribution in [0.4, 0.5) is 4.79 Å². The van der Waals surface area contributed by atoms with Crippen molar-refractivity contribution in [3.8, 4) is 0 Å². The Morgan fingerprint density at radius 2 is 1.43 bits per heavy atom. The topological polar surface area (TPSA) is 208 Å². The molecule has 200 valence electrons. The fourth-order valence-electron chi connectivity index (χ4n) is 3.67. The van der Waals surface area contributed by atoms with Crippen LogP contribution in [0.3, 0.4) is 0 Å². The second-order valence-corrected chi connectivity index (χ2v) is 8.61. The van der Waals surface area contributed by atoms with Gasteiger partial charge in [-0.05, 0) is 48.4 Å². The third-order valence-electron chi connectivity index (χ3n) is 5.68. The molecule has 2 aromatic rings. The fourth-order valence-corrected chi connectivity index (χ4v) is 3.67. The average molecular weight is 517 g/mol. The Balaban J connectivity index is 1.73. The lowest BCUT2D eigenvalue weighted by atomic mass is 10.0. The minimum absolute atomic E-state index is 0.0363. The Kier molecular flexibility index (Phi) is 11.3. The summed E-state index contributed by atoms with van der Waals surface area (Å²) in [6.45, 7) is 0.263. The van der Waals surface area contributed by atoms with Crippen molar-refractivity contribution in [3.63, 3.8) is 0 Å². The van der Waals surface area contributed by atoms with Gasteiger partial charge in [0.15, 0.2) is 0 Å². The standard InChI is InChI=1S/C25H32N4O8/c26-18(14-15-8-9-16-5-1-2-6-17(16)13-15)22(32)27-12-4-3-7-19(23(33)34)28-25(37)29-20(24(35)36)10-11-21(30)31/h1-2,5-6,8-9,13,18-20H,3-4,7,10-12,14,26H2,(H,27,32)(H,30,31)(H,33,34)(H,35,36)(H2,28,29,37). The summed E-state index contributed by atoms with van der Waals surface area (Å²) in [5.41, 5.74) is 6.96. The van der Waals surface area contributed by atoms with Crippen LogP contribution in [-0.2, 0) is 25.6 Å². The third-order valence-corrected chi connectivity index (χ3v) is 5.68. The lowest BCUT2D eigenvalue weighted by Crippen LogP contribution is -2.51. The van der Waals surface area contributed by atoms with Gasteiger partial charge < -0.3 is 37.0 Å². The van der Waals surface area contributed by atoms with Gasteiger partial charge in [0, 0.05) is 13.0 Å². The number of carbonyl (C=O) groups is 5. The van der Waals surface area contributed by atoms with Gasteiger partial charge in [-0.1, -0.05) is 42.5 Å². The van der Waals surface area contributed by atoms with E-state index < -0.39 is 48.5 Å². The summed E-state index contributed by atoms with van der Waals surface area (Å²) < 4.78 is 0. The largest absolute Gasteiger partial charge is 0.481 e. The van der Waals surface area contributed by atoms with Crippen LogP contribution in [0.25, 0.3) is 10.8 Å². The first-order valence-electron chi connectivity index (χ1n) is 11.8. The summed E-state index contributed by atoms with van der Waals surface area (Å²) in [5, 5.41) is 36.2. The van der Waals surface area contributed by atoms with E-state index in [1.54, 1.807) is 0 Å². The number of carbonyl (C=O) groups excluding carboxylic acids is 2. The molecule has 12 nitrogen and oxygen atoms in total. The fraction of sp³-hybridized carbons (Fsp3) is 0.400. The van der Waals surface area contributed by atoms with E-state index in [-0.39, 0.29) is 25.3 Å². The zero-order chi connectivity index (χ0) is 27.4. The van der Waals surface area contributed by atoms with Crippen molar-refractivity contribution in [3.05, 3.63) is 48.0 Å². The highest BCUT2D eigenvalue weighted by Crippen LogP contribution is 2.16. The molecule has 0 heterocycles. The Bertz CT molecular complexity index is 1120. The summed E-state index contributed by atoms with van der Waals surface area (Å²) in [7, 11) is 0. The molecular weight excluding hydrogens is 484 g/mol. The van der Waals surface area contributed by atoms with Gasteiger partial charge >= 0.3 is 23.9 Å². The molecule has 0 fully saturated rings. The van der Waals surface area contributed by atoms with Crippen molar-refractivity contribution in [1.82, 2.24) is 16.0 Å². The summed E-state index contributed by atoms with van der Waals surface area (Å²) in [5.74, 6) is -4.30. The van der Waals surface area contributed by atoms with Crippen LogP contribution in [0, 0.1) is 0 Å². The molecule has 37 heavy (non-hydrogen) atoms. The minimum Gasteiger partial charge on any atom is -0.481 e. The molecule has 0 saturated heterocycles. The second-order valence-electron chi connectivity index (χ2n) is 8.61. The smallest absolute Gasteiger partial charge is 0.326 e. The number of rotatable bonds is 15. The van der Waals surface area contributed by atoms with E-state index in [4.69, 9.17) is 15.9 Å². The number of hydrogen-bond acceptors (Lipinski definition) is 6. The molecule has 0 bridgehead atoms. The van der Waals surface area contributed by atoms with E-state index in [0.717, 1.165) is 16.3 Å².